The van der Waals surface area contributed by atoms with Gasteiger partial charge in [-0.05, 0) is 181 Å². The number of carbonyl (C=O) groups is 10. The van der Waals surface area contributed by atoms with Crippen molar-refractivity contribution in [3.05, 3.63) is 118 Å². The Bertz CT molecular complexity index is 3130. The molecule has 0 fully saturated rings. The van der Waals surface area contributed by atoms with Crippen molar-refractivity contribution in [2.45, 2.75) is 187 Å². The molecule has 0 bridgehead atoms. The Balaban J connectivity index is 1.20. The minimum absolute atomic E-state index is 0.00274. The summed E-state index contributed by atoms with van der Waals surface area (Å²) in [4.78, 5) is 134. The minimum atomic E-state index is -3.03. The molecule has 0 aromatic heterocycles. The van der Waals surface area contributed by atoms with Gasteiger partial charge < -0.3 is 62.3 Å². The highest BCUT2D eigenvalue weighted by molar-refractivity contribution is 14.1. The minimum Gasteiger partial charge on any atom is -0.534 e. The predicted octanol–water partition coefficient (Wildman–Crippen LogP) is 4.05. The largest absolute Gasteiger partial charge is 0.534 e. The fourth-order valence-electron chi connectivity index (χ4n) is 9.63. The van der Waals surface area contributed by atoms with Crippen LogP contribution in [0.25, 0.3) is 0 Å². The number of hydrogen-bond acceptors (Lipinski definition) is 12. The lowest BCUT2D eigenvalue weighted by Crippen LogP contribution is -2.68. The van der Waals surface area contributed by atoms with Crippen molar-refractivity contribution in [1.82, 2.24) is 47.9 Å². The number of halogens is 1. The average molecular weight is 1330 g/mol. The van der Waals surface area contributed by atoms with E-state index in [-0.39, 0.29) is 17.9 Å². The number of benzene rings is 4. The highest BCUT2D eigenvalue weighted by Gasteiger charge is 2.52. The molecule has 1 aliphatic carbocycles. The fourth-order valence-corrected chi connectivity index (χ4v) is 14.4. The smallest absolute Gasteiger partial charge is 0.408 e. The maximum Gasteiger partial charge on any atom is 0.408 e. The summed E-state index contributed by atoms with van der Waals surface area (Å²) in [5.41, 5.74) is -1.91. The molecule has 0 aliphatic heterocycles. The number of rotatable bonds is 23. The van der Waals surface area contributed by atoms with Gasteiger partial charge in [0.15, 0.2) is 0 Å². The quantitative estimate of drug-likeness (QED) is 0.0372. The molecule has 0 heterocycles. The van der Waals surface area contributed by atoms with Gasteiger partial charge in [-0.25, -0.2) is 4.79 Å². The number of aryl methyl sites for hydroxylation is 1. The van der Waals surface area contributed by atoms with E-state index in [9.17, 15) is 47.9 Å². The van der Waals surface area contributed by atoms with E-state index in [1.165, 1.54) is 62.3 Å². The lowest BCUT2D eigenvalue weighted by atomic mass is 9.76. The van der Waals surface area contributed by atoms with Crippen LogP contribution in [0.3, 0.4) is 0 Å². The Hall–Kier alpha value is -7.87. The van der Waals surface area contributed by atoms with Crippen LogP contribution in [0.2, 0.25) is 5.04 Å². The second-order valence-corrected chi connectivity index (χ2v) is 30.2. The number of carbonyl (C=O) groups excluding carboxylic acids is 10. The van der Waals surface area contributed by atoms with Crippen molar-refractivity contribution < 1.29 is 57.1 Å². The Morgan fingerprint density at radius 3 is 1.44 bits per heavy atom. The molecule has 8 unspecified atom stereocenters. The summed E-state index contributed by atoms with van der Waals surface area (Å²) in [6, 6.07) is 25.0. The molecule has 24 heteroatoms. The van der Waals surface area contributed by atoms with Crippen LogP contribution in [0.15, 0.2) is 103 Å². The zero-order valence-corrected chi connectivity index (χ0v) is 55.4. The first-order valence-electron chi connectivity index (χ1n) is 28.9. The van der Waals surface area contributed by atoms with E-state index in [1.54, 1.807) is 32.9 Å². The van der Waals surface area contributed by atoms with Crippen molar-refractivity contribution in [2.75, 3.05) is 5.32 Å². The second kappa shape index (κ2) is 29.2. The first kappa shape index (κ1) is 69.9. The van der Waals surface area contributed by atoms with Crippen LogP contribution in [0, 0.1) is 3.57 Å². The molecule has 4 aromatic rings. The van der Waals surface area contributed by atoms with Gasteiger partial charge in [-0.1, -0.05) is 87.5 Å². The van der Waals surface area contributed by atoms with Crippen LogP contribution in [0.5, 0.6) is 5.75 Å². The molecule has 470 valence electrons. The predicted molar refractivity (Wildman–Crippen MR) is 342 cm³/mol. The Labute approximate surface area is 524 Å². The number of alkyl carbamates (subject to hydrolysis) is 1. The number of amides is 10. The molecule has 22 nitrogen and oxygen atoms in total. The first-order chi connectivity index (χ1) is 40.5. The summed E-state index contributed by atoms with van der Waals surface area (Å²) in [7, 11) is -3.03. The van der Waals surface area contributed by atoms with E-state index in [4.69, 9.17) is 9.16 Å². The van der Waals surface area contributed by atoms with E-state index in [0.717, 1.165) is 25.1 Å². The summed E-state index contributed by atoms with van der Waals surface area (Å²) in [5.74, 6) is -5.71. The highest BCUT2D eigenvalue weighted by Crippen LogP contribution is 2.39. The van der Waals surface area contributed by atoms with Gasteiger partial charge >= 0.3 is 14.4 Å². The maximum absolute atomic E-state index is 14.7. The SMILES string of the molecule is CC(NC(=O)OC(C)(C)C)C(=O)NC1(C(=O)NC(C)C(=O)NC(C)C(=O)NC(C)C(=O)NC(C)C(=O)NC(C)(C)C(=O)NC(C)C(=O)NC(C)C(=O)Nc2ccc(I)cc2)CCc2cc(O[Si](c3ccccc3)(c3ccccc3)C(C)(C)C)ccc2C1. The standard InChI is InChI=1S/C63H85IN10O12Si/c1-36(50(75)65-37(2)51(76)68-41(6)55(80)73-62(14,15)57(82)69-39(4)52(77)67-38(3)54(79)72-46-29-27-45(64)28-30-46)66-53(78)40(5)70-58(83)63(74-56(81)42(7)71-59(84)85-60(8,9)10)33-32-43-34-47(31-26-44(43)35-63)86-87(61(11,12)13,48-22-18-16-19-23-48)49-24-20-17-21-25-49/h16-31,34,36-42H,32-33,35H2,1-15H3,(H,65,75)(H,66,78)(H,67,77)(H,68,76)(H,69,82)(H,70,83)(H,71,84)(H,72,79)(H,73,80)(H,74,81). The van der Waals surface area contributed by atoms with Crippen molar-refractivity contribution in [2.24, 2.45) is 0 Å². The zero-order chi connectivity index (χ0) is 65.0. The molecule has 0 saturated carbocycles. The van der Waals surface area contributed by atoms with Crippen molar-refractivity contribution in [3.8, 4) is 5.75 Å². The molecular weight excluding hydrogens is 1240 g/mol. The van der Waals surface area contributed by atoms with Crippen LogP contribution in [0.4, 0.5) is 10.5 Å². The molecule has 8 atom stereocenters. The van der Waals surface area contributed by atoms with Gasteiger partial charge in [-0.2, -0.15) is 0 Å². The monoisotopic (exact) mass is 1330 g/mol. The third-order valence-corrected chi connectivity index (χ3v) is 20.4. The lowest BCUT2D eigenvalue weighted by Gasteiger charge is -2.43. The third-order valence-electron chi connectivity index (χ3n) is 14.7. The van der Waals surface area contributed by atoms with E-state index in [0.29, 0.717) is 17.9 Å². The van der Waals surface area contributed by atoms with Gasteiger partial charge in [0.05, 0.1) is 0 Å². The highest BCUT2D eigenvalue weighted by atomic mass is 127. The van der Waals surface area contributed by atoms with E-state index < -0.39 is 127 Å². The molecule has 4 aromatic carbocycles. The number of fused-ring (bicyclic) bond motifs is 1. The summed E-state index contributed by atoms with van der Waals surface area (Å²) in [6.07, 6.45) is -0.455. The molecule has 1 aliphatic rings. The maximum atomic E-state index is 14.7. The molecule has 87 heavy (non-hydrogen) atoms. The first-order valence-corrected chi connectivity index (χ1v) is 31.9. The van der Waals surface area contributed by atoms with Crippen LogP contribution in [0.1, 0.15) is 121 Å². The summed E-state index contributed by atoms with van der Waals surface area (Å²) in [5, 5.41) is 27.9. The normalized spacial score (nSPS) is 16.6. The van der Waals surface area contributed by atoms with E-state index in [1.807, 2.05) is 66.7 Å². The Morgan fingerprint density at radius 1 is 0.506 bits per heavy atom. The molecule has 10 N–H and O–H groups in total. The van der Waals surface area contributed by atoms with Crippen molar-refractivity contribution in [3.63, 3.8) is 0 Å². The van der Waals surface area contributed by atoms with Gasteiger partial charge in [-0.15, -0.1) is 0 Å². The molecule has 10 amide bonds. The van der Waals surface area contributed by atoms with Crippen LogP contribution < -0.4 is 68.0 Å². The number of ether oxygens (including phenoxy) is 1. The second-order valence-electron chi connectivity index (χ2n) is 24.7. The molecule has 5 rings (SSSR count). The van der Waals surface area contributed by atoms with Crippen molar-refractivity contribution in [1.29, 1.82) is 0 Å². The number of anilines is 1. The third kappa shape index (κ3) is 18.8. The average Bonchev–Trinajstić information content (AvgIpc) is 1.12. The van der Waals surface area contributed by atoms with Crippen LogP contribution >= 0.6 is 22.6 Å². The van der Waals surface area contributed by atoms with E-state index in [2.05, 4.69) is 121 Å². The summed E-state index contributed by atoms with van der Waals surface area (Å²) < 4.78 is 13.7. The summed E-state index contributed by atoms with van der Waals surface area (Å²) >= 11 is 2.13. The molecular formula is C63H85IN10O12Si. The van der Waals surface area contributed by atoms with Gasteiger partial charge in [0.1, 0.15) is 64.7 Å². The molecule has 0 saturated heterocycles. The lowest BCUT2D eigenvalue weighted by molar-refractivity contribution is -0.137. The Morgan fingerprint density at radius 2 is 0.954 bits per heavy atom. The van der Waals surface area contributed by atoms with E-state index >= 15 is 0 Å². The summed E-state index contributed by atoms with van der Waals surface area (Å²) in [6.45, 7) is 24.2. The van der Waals surface area contributed by atoms with Gasteiger partial charge in [0.2, 0.25) is 53.2 Å². The number of nitrogens with one attached hydrogen (secondary N) is 10. The molecule has 0 radical (unpaired) electrons. The van der Waals surface area contributed by atoms with Gasteiger partial charge in [0, 0.05) is 15.7 Å². The van der Waals surface area contributed by atoms with Crippen LogP contribution in [-0.2, 0) is 60.7 Å². The number of hydrogen-bond donors (Lipinski definition) is 10. The van der Waals surface area contributed by atoms with Crippen molar-refractivity contribution >= 4 is 106 Å². The molecule has 0 spiro atoms. The Kier molecular flexibility index (Phi) is 23.5. The zero-order valence-electron chi connectivity index (χ0n) is 52.3. The van der Waals surface area contributed by atoms with Gasteiger partial charge in [0.25, 0.3) is 0 Å². The fraction of sp³-hybridized carbons (Fsp3) is 0.460. The van der Waals surface area contributed by atoms with Crippen LogP contribution in [-0.4, -0.2) is 127 Å². The van der Waals surface area contributed by atoms with Gasteiger partial charge in [-0.3, -0.25) is 43.2 Å². The topological polar surface area (TPSA) is 309 Å².